The molecule has 13 heavy (non-hydrogen) atoms. The van der Waals surface area contributed by atoms with E-state index in [9.17, 15) is 0 Å². The van der Waals surface area contributed by atoms with Gasteiger partial charge in [-0.2, -0.15) is 10.5 Å². The van der Waals surface area contributed by atoms with Gasteiger partial charge in [0.2, 0.25) is 0 Å². The molecule has 1 heterocycles. The third-order valence-corrected chi connectivity index (χ3v) is 1.59. The molecule has 1 aromatic heterocycles. The van der Waals surface area contributed by atoms with Crippen LogP contribution in [0.5, 0.6) is 0 Å². The quantitative estimate of drug-likeness (QED) is 0.418. The SMILES string of the molecule is N#Cc1c(Cl)[nH]c(N=[N+]=[N-])c1C#N. The first-order valence-corrected chi connectivity index (χ1v) is 3.39. The summed E-state index contributed by atoms with van der Waals surface area (Å²) in [6, 6.07) is 3.44. The van der Waals surface area contributed by atoms with Crippen LogP contribution in [0, 0.1) is 22.7 Å². The third kappa shape index (κ3) is 1.40. The number of aromatic nitrogens is 1. The van der Waals surface area contributed by atoms with Crippen molar-refractivity contribution in [3.63, 3.8) is 0 Å². The summed E-state index contributed by atoms with van der Waals surface area (Å²) in [5, 5.41) is 20.4. The van der Waals surface area contributed by atoms with Gasteiger partial charge in [0.15, 0.2) is 0 Å². The summed E-state index contributed by atoms with van der Waals surface area (Å²) in [6.07, 6.45) is 0. The molecular formula is C6HClN6. The monoisotopic (exact) mass is 192 g/mol. The van der Waals surface area contributed by atoms with Crippen LogP contribution in [-0.4, -0.2) is 4.98 Å². The molecule has 0 amide bonds. The number of hydrogen-bond donors (Lipinski definition) is 1. The topological polar surface area (TPSA) is 112 Å². The fourth-order valence-electron chi connectivity index (χ4n) is 0.791. The second-order valence-electron chi connectivity index (χ2n) is 1.95. The predicted molar refractivity (Wildman–Crippen MR) is 44.0 cm³/mol. The molecule has 1 N–H and O–H groups in total. The van der Waals surface area contributed by atoms with Crippen molar-refractivity contribution in [2.24, 2.45) is 5.11 Å². The molecule has 1 rings (SSSR count). The van der Waals surface area contributed by atoms with Gasteiger partial charge < -0.3 is 4.98 Å². The highest BCUT2D eigenvalue weighted by Crippen LogP contribution is 2.27. The Balaban J connectivity index is 3.51. The average Bonchev–Trinajstić information content (AvgIpc) is 2.41. The van der Waals surface area contributed by atoms with Gasteiger partial charge in [-0.1, -0.05) is 11.6 Å². The molecule has 0 unspecified atom stereocenters. The van der Waals surface area contributed by atoms with Crippen molar-refractivity contribution in [1.29, 1.82) is 10.5 Å². The van der Waals surface area contributed by atoms with Crippen LogP contribution >= 0.6 is 11.6 Å². The van der Waals surface area contributed by atoms with Gasteiger partial charge in [0.05, 0.1) is 5.56 Å². The molecule has 0 saturated carbocycles. The maximum Gasteiger partial charge on any atom is 0.126 e. The lowest BCUT2D eigenvalue weighted by atomic mass is 10.2. The number of nitrogens with zero attached hydrogens (tertiary/aromatic N) is 5. The standard InChI is InChI=1S/C6HClN6/c7-5-3(1-8)4(2-9)6(11-5)12-13-10/h11H. The largest absolute Gasteiger partial charge is 0.342 e. The van der Waals surface area contributed by atoms with Crippen LogP contribution in [0.2, 0.25) is 5.15 Å². The summed E-state index contributed by atoms with van der Waals surface area (Å²) in [4.78, 5) is 4.89. The summed E-state index contributed by atoms with van der Waals surface area (Å²) < 4.78 is 0. The molecule has 0 aliphatic rings. The Hall–Kier alpha value is -2.14. The molecule has 0 radical (unpaired) electrons. The number of azide groups is 1. The van der Waals surface area contributed by atoms with Crippen molar-refractivity contribution in [3.05, 3.63) is 26.7 Å². The molecule has 0 aliphatic heterocycles. The summed E-state index contributed by atoms with van der Waals surface area (Å²) >= 11 is 5.55. The van der Waals surface area contributed by atoms with E-state index in [0.29, 0.717) is 0 Å². The molecule has 62 valence electrons. The van der Waals surface area contributed by atoms with Crippen molar-refractivity contribution >= 4 is 17.4 Å². The van der Waals surface area contributed by atoms with Crippen LogP contribution < -0.4 is 0 Å². The number of nitrogens with one attached hydrogen (secondary N) is 1. The summed E-state index contributed by atoms with van der Waals surface area (Å²) in [5.41, 5.74) is 8.07. The lowest BCUT2D eigenvalue weighted by Crippen LogP contribution is -1.74. The van der Waals surface area contributed by atoms with Gasteiger partial charge in [-0.25, -0.2) is 0 Å². The van der Waals surface area contributed by atoms with Crippen molar-refractivity contribution in [2.75, 3.05) is 0 Å². The minimum Gasteiger partial charge on any atom is -0.342 e. The van der Waals surface area contributed by atoms with Crippen molar-refractivity contribution in [3.8, 4) is 12.1 Å². The molecule has 0 bridgehead atoms. The number of H-pyrrole nitrogens is 1. The van der Waals surface area contributed by atoms with Crippen molar-refractivity contribution in [1.82, 2.24) is 4.98 Å². The Morgan fingerprint density at radius 2 is 2.00 bits per heavy atom. The normalized spacial score (nSPS) is 8.23. The summed E-state index contributed by atoms with van der Waals surface area (Å²) in [5.74, 6) is -0.0356. The number of nitriles is 2. The second kappa shape index (κ2) is 3.51. The molecule has 0 atom stereocenters. The predicted octanol–water partition coefficient (Wildman–Crippen LogP) is 2.35. The Morgan fingerprint density at radius 1 is 1.38 bits per heavy atom. The van der Waals surface area contributed by atoms with Crippen LogP contribution in [0.25, 0.3) is 10.4 Å². The van der Waals surface area contributed by atoms with E-state index in [1.807, 2.05) is 0 Å². The maximum atomic E-state index is 8.61. The molecule has 1 aromatic rings. The first-order chi connectivity index (χ1) is 6.24. The van der Waals surface area contributed by atoms with Gasteiger partial charge in [0.25, 0.3) is 0 Å². The molecule has 0 aromatic carbocycles. The molecular weight excluding hydrogens is 192 g/mol. The number of rotatable bonds is 1. The zero-order valence-corrected chi connectivity index (χ0v) is 6.87. The third-order valence-electron chi connectivity index (χ3n) is 1.30. The average molecular weight is 193 g/mol. The summed E-state index contributed by atoms with van der Waals surface area (Å²) in [6.45, 7) is 0. The van der Waals surface area contributed by atoms with Crippen LogP contribution in [0.1, 0.15) is 11.1 Å². The lowest BCUT2D eigenvalue weighted by Gasteiger charge is -1.82. The Bertz CT molecular complexity index is 467. The van der Waals surface area contributed by atoms with E-state index in [0.717, 1.165) is 0 Å². The number of aromatic amines is 1. The first-order valence-electron chi connectivity index (χ1n) is 3.01. The van der Waals surface area contributed by atoms with Crippen LogP contribution in [0.15, 0.2) is 5.11 Å². The van der Waals surface area contributed by atoms with Gasteiger partial charge >= 0.3 is 0 Å². The van der Waals surface area contributed by atoms with E-state index < -0.39 is 0 Å². The molecule has 0 aliphatic carbocycles. The van der Waals surface area contributed by atoms with E-state index in [2.05, 4.69) is 15.0 Å². The minimum absolute atomic E-state index is 0.00134. The Morgan fingerprint density at radius 3 is 2.46 bits per heavy atom. The van der Waals surface area contributed by atoms with Crippen molar-refractivity contribution in [2.45, 2.75) is 0 Å². The van der Waals surface area contributed by atoms with Gasteiger partial charge in [-0.3, -0.25) is 0 Å². The molecule has 6 nitrogen and oxygen atoms in total. The van der Waals surface area contributed by atoms with Crippen LogP contribution in [0.3, 0.4) is 0 Å². The van der Waals surface area contributed by atoms with Gasteiger partial charge in [0.1, 0.15) is 28.7 Å². The minimum atomic E-state index is -0.0368. The molecule has 0 saturated heterocycles. The zero-order chi connectivity index (χ0) is 9.84. The first kappa shape index (κ1) is 8.95. The van der Waals surface area contributed by atoms with Crippen molar-refractivity contribution < 1.29 is 0 Å². The van der Waals surface area contributed by atoms with Gasteiger partial charge in [-0.15, -0.1) is 0 Å². The highest BCUT2D eigenvalue weighted by molar-refractivity contribution is 6.31. The number of halogens is 1. The highest BCUT2D eigenvalue weighted by atomic mass is 35.5. The van der Waals surface area contributed by atoms with Crippen LogP contribution in [0.4, 0.5) is 5.82 Å². The number of hydrogen-bond acceptors (Lipinski definition) is 3. The van der Waals surface area contributed by atoms with Gasteiger partial charge in [-0.05, 0) is 10.6 Å². The summed E-state index contributed by atoms with van der Waals surface area (Å²) in [7, 11) is 0. The fourth-order valence-corrected chi connectivity index (χ4v) is 1.02. The molecule has 0 fully saturated rings. The van der Waals surface area contributed by atoms with Gasteiger partial charge in [0, 0.05) is 4.91 Å². The van der Waals surface area contributed by atoms with E-state index >= 15 is 0 Å². The molecule has 7 heteroatoms. The fraction of sp³-hybridized carbons (Fsp3) is 0. The Kier molecular flexibility index (Phi) is 2.41. The molecule has 0 spiro atoms. The zero-order valence-electron chi connectivity index (χ0n) is 6.11. The Labute approximate surface area is 77.6 Å². The van der Waals surface area contributed by atoms with E-state index in [1.54, 1.807) is 12.1 Å². The van der Waals surface area contributed by atoms with E-state index in [-0.39, 0.29) is 22.1 Å². The lowest BCUT2D eigenvalue weighted by molar-refractivity contribution is 1.31. The second-order valence-corrected chi connectivity index (χ2v) is 2.33. The van der Waals surface area contributed by atoms with E-state index in [4.69, 9.17) is 27.7 Å². The van der Waals surface area contributed by atoms with Crippen LogP contribution in [-0.2, 0) is 0 Å². The van der Waals surface area contributed by atoms with E-state index in [1.165, 1.54) is 0 Å². The highest BCUT2D eigenvalue weighted by Gasteiger charge is 2.14. The maximum absolute atomic E-state index is 8.61. The smallest absolute Gasteiger partial charge is 0.126 e.